The molecule has 1 saturated heterocycles. The van der Waals surface area contributed by atoms with Crippen molar-refractivity contribution < 1.29 is 37.0 Å². The van der Waals surface area contributed by atoms with Crippen LogP contribution in [0.15, 0.2) is 59.6 Å². The lowest BCUT2D eigenvalue weighted by Crippen LogP contribution is -2.59. The number of nitrogens with zero attached hydrogens (tertiary/aromatic N) is 4. The van der Waals surface area contributed by atoms with Crippen molar-refractivity contribution >= 4 is 39.1 Å². The van der Waals surface area contributed by atoms with Gasteiger partial charge in [0.25, 0.3) is 15.9 Å². The van der Waals surface area contributed by atoms with Gasteiger partial charge in [-0.05, 0) is 48.9 Å². The van der Waals surface area contributed by atoms with E-state index in [1.165, 1.54) is 69.9 Å². The SMILES string of the molecule is COc1ccc(S(=O)(=O)N2C(=O)C(c3cccnc3OC)(N3C[C@H](OC)C[C@H]3C(=O)N(C)C)c3cc(Cl)ccc32)c(OC)c1. The maximum atomic E-state index is 15.3. The molecule has 234 valence electrons. The molecule has 0 saturated carbocycles. The molecule has 3 atom stereocenters. The van der Waals surface area contributed by atoms with Gasteiger partial charge in [-0.25, -0.2) is 17.7 Å². The van der Waals surface area contributed by atoms with E-state index in [0.717, 1.165) is 4.31 Å². The fourth-order valence-electron chi connectivity index (χ4n) is 6.06. The van der Waals surface area contributed by atoms with Crippen LogP contribution in [-0.4, -0.2) is 96.2 Å². The molecule has 2 amide bonds. The number of carbonyl (C=O) groups excluding carboxylic acids is 2. The number of methoxy groups -OCH3 is 4. The van der Waals surface area contributed by atoms with Gasteiger partial charge in [-0.3, -0.25) is 14.5 Å². The highest BCUT2D eigenvalue weighted by atomic mass is 35.5. The zero-order valence-electron chi connectivity index (χ0n) is 25.1. The van der Waals surface area contributed by atoms with E-state index in [2.05, 4.69) is 4.98 Å². The summed E-state index contributed by atoms with van der Waals surface area (Å²) in [5.41, 5.74) is -1.38. The third-order valence-corrected chi connectivity index (χ3v) is 10.0. The number of aromatic nitrogens is 1. The summed E-state index contributed by atoms with van der Waals surface area (Å²) in [5.74, 6) is -0.744. The van der Waals surface area contributed by atoms with Crippen LogP contribution in [0, 0.1) is 0 Å². The Morgan fingerprint density at radius 3 is 2.41 bits per heavy atom. The largest absolute Gasteiger partial charge is 0.497 e. The zero-order valence-corrected chi connectivity index (χ0v) is 26.7. The molecule has 0 spiro atoms. The van der Waals surface area contributed by atoms with Crippen LogP contribution in [0.2, 0.25) is 5.02 Å². The molecule has 44 heavy (non-hydrogen) atoms. The van der Waals surface area contributed by atoms with Gasteiger partial charge >= 0.3 is 0 Å². The van der Waals surface area contributed by atoms with Crippen LogP contribution >= 0.6 is 11.6 Å². The summed E-state index contributed by atoms with van der Waals surface area (Å²) in [5, 5.41) is 0.253. The molecule has 1 fully saturated rings. The Labute approximate surface area is 261 Å². The topological polar surface area (TPSA) is 128 Å². The monoisotopic (exact) mass is 644 g/mol. The summed E-state index contributed by atoms with van der Waals surface area (Å²) < 4.78 is 52.0. The molecule has 1 aromatic heterocycles. The average molecular weight is 645 g/mol. The Hall–Kier alpha value is -3.91. The van der Waals surface area contributed by atoms with Crippen LogP contribution in [0.25, 0.3) is 0 Å². The molecule has 2 aliphatic rings. The third kappa shape index (κ3) is 4.74. The zero-order chi connectivity index (χ0) is 32.0. The molecule has 1 unspecified atom stereocenters. The van der Waals surface area contributed by atoms with Crippen LogP contribution < -0.4 is 18.5 Å². The Morgan fingerprint density at radius 2 is 1.77 bits per heavy atom. The molecule has 3 aromatic rings. The first-order valence-electron chi connectivity index (χ1n) is 13.6. The second-order valence-electron chi connectivity index (χ2n) is 10.5. The summed E-state index contributed by atoms with van der Waals surface area (Å²) in [6, 6.07) is 11.1. The molecule has 14 heteroatoms. The number of hydrogen-bond donors (Lipinski definition) is 0. The molecule has 2 aromatic carbocycles. The number of rotatable bonds is 9. The molecule has 12 nitrogen and oxygen atoms in total. The number of hydrogen-bond acceptors (Lipinski definition) is 10. The number of halogens is 1. The lowest BCUT2D eigenvalue weighted by atomic mass is 9.81. The molecular formula is C30H33ClN4O8S. The molecule has 3 heterocycles. The minimum absolute atomic E-state index is 0.0228. The maximum Gasteiger partial charge on any atom is 0.274 e. The van der Waals surface area contributed by atoms with Crippen molar-refractivity contribution in [2.45, 2.75) is 29.0 Å². The minimum atomic E-state index is -4.64. The average Bonchev–Trinajstić information content (AvgIpc) is 3.57. The molecule has 2 aliphatic heterocycles. The van der Waals surface area contributed by atoms with E-state index in [4.69, 9.17) is 30.5 Å². The normalized spacial score (nSPS) is 21.7. The standard InChI is InChI=1S/C30H33ClN4O8S/c1-33(2)28(36)24-15-20(41-4)17-34(24)30(21-8-7-13-32-27(21)43-6)22-14-18(31)9-11-23(22)35(29(30)37)44(38,39)26-12-10-19(40-3)16-25(26)42-5/h7-14,16,20,24H,15,17H2,1-6H3/t20-,24+,30?/m1/s1. The van der Waals surface area contributed by atoms with E-state index in [0.29, 0.717) is 5.75 Å². The first-order valence-corrected chi connectivity index (χ1v) is 15.4. The lowest BCUT2D eigenvalue weighted by Gasteiger charge is -2.41. The first-order chi connectivity index (χ1) is 21.0. The highest BCUT2D eigenvalue weighted by Crippen LogP contribution is 2.55. The van der Waals surface area contributed by atoms with Gasteiger partial charge in [0.15, 0.2) is 5.54 Å². The Kier molecular flexibility index (Phi) is 8.51. The number of anilines is 1. The van der Waals surface area contributed by atoms with E-state index in [-0.39, 0.29) is 57.2 Å². The van der Waals surface area contributed by atoms with Crippen LogP contribution in [0.5, 0.6) is 17.4 Å². The van der Waals surface area contributed by atoms with Gasteiger partial charge in [-0.15, -0.1) is 0 Å². The number of likely N-dealkylation sites (tertiary alicyclic amines) is 1. The third-order valence-electron chi connectivity index (χ3n) is 8.06. The van der Waals surface area contributed by atoms with Gasteiger partial charge in [-0.2, -0.15) is 0 Å². The fraction of sp³-hybridized carbons (Fsp3) is 0.367. The molecule has 0 radical (unpaired) electrons. The Morgan fingerprint density at radius 1 is 1.02 bits per heavy atom. The van der Waals surface area contributed by atoms with Crippen molar-refractivity contribution in [1.29, 1.82) is 0 Å². The molecule has 0 bridgehead atoms. The highest BCUT2D eigenvalue weighted by Gasteiger charge is 2.64. The predicted molar refractivity (Wildman–Crippen MR) is 162 cm³/mol. The van der Waals surface area contributed by atoms with Gasteiger partial charge in [0.1, 0.15) is 16.4 Å². The minimum Gasteiger partial charge on any atom is -0.497 e. The maximum absolute atomic E-state index is 15.3. The van der Waals surface area contributed by atoms with Crippen molar-refractivity contribution in [2.75, 3.05) is 53.4 Å². The second kappa shape index (κ2) is 11.9. The Bertz CT molecular complexity index is 1720. The van der Waals surface area contributed by atoms with E-state index < -0.39 is 33.6 Å². The van der Waals surface area contributed by atoms with Gasteiger partial charge in [-0.1, -0.05) is 11.6 Å². The van der Waals surface area contributed by atoms with Crippen LogP contribution in [-0.2, 0) is 29.9 Å². The van der Waals surface area contributed by atoms with Gasteiger partial charge in [0.2, 0.25) is 11.8 Å². The molecule has 0 N–H and O–H groups in total. The number of benzene rings is 2. The van der Waals surface area contributed by atoms with Gasteiger partial charge < -0.3 is 23.8 Å². The fourth-order valence-corrected chi connectivity index (χ4v) is 7.84. The quantitative estimate of drug-likeness (QED) is 0.343. The second-order valence-corrected chi connectivity index (χ2v) is 12.7. The van der Waals surface area contributed by atoms with Crippen LogP contribution in [0.4, 0.5) is 5.69 Å². The lowest BCUT2D eigenvalue weighted by molar-refractivity contribution is -0.138. The van der Waals surface area contributed by atoms with Crippen molar-refractivity contribution in [2.24, 2.45) is 0 Å². The number of ether oxygens (including phenoxy) is 4. The van der Waals surface area contributed by atoms with Crippen LogP contribution in [0.1, 0.15) is 17.5 Å². The number of likely N-dealkylation sites (N-methyl/N-ethyl adjacent to an activating group) is 1. The van der Waals surface area contributed by atoms with Crippen molar-refractivity contribution in [3.8, 4) is 17.4 Å². The number of carbonyl (C=O) groups is 2. The van der Waals surface area contributed by atoms with E-state index >= 15 is 4.79 Å². The van der Waals surface area contributed by atoms with Crippen molar-refractivity contribution in [3.63, 3.8) is 0 Å². The number of fused-ring (bicyclic) bond motifs is 1. The van der Waals surface area contributed by atoms with E-state index in [1.54, 1.807) is 37.2 Å². The molecular weight excluding hydrogens is 612 g/mol. The van der Waals surface area contributed by atoms with E-state index in [9.17, 15) is 13.2 Å². The molecule has 0 aliphatic carbocycles. The summed E-state index contributed by atoms with van der Waals surface area (Å²) in [7, 11) is 4.29. The highest BCUT2D eigenvalue weighted by molar-refractivity contribution is 7.93. The number of sulfonamides is 1. The predicted octanol–water partition coefficient (Wildman–Crippen LogP) is 2.92. The summed E-state index contributed by atoms with van der Waals surface area (Å²) in [6.45, 7) is 0.107. The number of amides is 2. The first kappa shape index (κ1) is 31.5. The number of pyridine rings is 1. The van der Waals surface area contributed by atoms with Crippen molar-refractivity contribution in [3.05, 3.63) is 70.9 Å². The Balaban J connectivity index is 1.86. The summed E-state index contributed by atoms with van der Waals surface area (Å²) in [6.07, 6.45) is 1.29. The summed E-state index contributed by atoms with van der Waals surface area (Å²) in [4.78, 5) is 36.2. The smallest absolute Gasteiger partial charge is 0.274 e. The van der Waals surface area contributed by atoms with E-state index in [1.807, 2.05) is 0 Å². The molecule has 5 rings (SSSR count). The van der Waals surface area contributed by atoms with Crippen LogP contribution in [0.3, 0.4) is 0 Å². The van der Waals surface area contributed by atoms with Crippen molar-refractivity contribution in [1.82, 2.24) is 14.8 Å². The summed E-state index contributed by atoms with van der Waals surface area (Å²) >= 11 is 6.55. The van der Waals surface area contributed by atoms with Gasteiger partial charge in [0.05, 0.1) is 39.2 Å². The van der Waals surface area contributed by atoms with Gasteiger partial charge in [0, 0.05) is 56.2 Å².